The standard InChI is InChI=1S/C10H9BrN2OS2/c1-6-8(16-5-13-6)10(14)12-4-7-2-3-15-9(7)11/h2-3,5H,4H2,1H3,(H,12,14). The number of thiazole rings is 1. The molecule has 3 nitrogen and oxygen atoms in total. The molecule has 0 aromatic carbocycles. The second kappa shape index (κ2) is 5.07. The molecule has 2 heterocycles. The summed E-state index contributed by atoms with van der Waals surface area (Å²) in [4.78, 5) is 16.5. The molecule has 0 atom stereocenters. The summed E-state index contributed by atoms with van der Waals surface area (Å²) in [6.07, 6.45) is 0. The number of hydrogen-bond donors (Lipinski definition) is 1. The van der Waals surface area contributed by atoms with Gasteiger partial charge in [-0.2, -0.15) is 0 Å². The molecule has 0 aliphatic rings. The fourth-order valence-electron chi connectivity index (χ4n) is 1.22. The van der Waals surface area contributed by atoms with Crippen molar-refractivity contribution >= 4 is 44.5 Å². The molecule has 84 valence electrons. The highest BCUT2D eigenvalue weighted by molar-refractivity contribution is 9.11. The van der Waals surface area contributed by atoms with Gasteiger partial charge in [-0.15, -0.1) is 22.7 Å². The summed E-state index contributed by atoms with van der Waals surface area (Å²) in [6.45, 7) is 2.38. The molecule has 0 fully saturated rings. The van der Waals surface area contributed by atoms with Gasteiger partial charge >= 0.3 is 0 Å². The van der Waals surface area contributed by atoms with E-state index in [9.17, 15) is 4.79 Å². The number of aromatic nitrogens is 1. The third-order valence-corrected chi connectivity index (χ3v) is 4.82. The largest absolute Gasteiger partial charge is 0.347 e. The van der Waals surface area contributed by atoms with Gasteiger partial charge in [-0.1, -0.05) is 0 Å². The van der Waals surface area contributed by atoms with E-state index in [2.05, 4.69) is 26.2 Å². The van der Waals surface area contributed by atoms with Gasteiger partial charge in [-0.3, -0.25) is 4.79 Å². The van der Waals surface area contributed by atoms with Crippen molar-refractivity contribution in [2.45, 2.75) is 13.5 Å². The topological polar surface area (TPSA) is 42.0 Å². The molecule has 0 aliphatic carbocycles. The molecule has 0 saturated carbocycles. The van der Waals surface area contributed by atoms with Crippen LogP contribution in [-0.4, -0.2) is 10.9 Å². The van der Waals surface area contributed by atoms with Crippen LogP contribution in [0, 0.1) is 6.92 Å². The molecule has 0 radical (unpaired) electrons. The highest BCUT2D eigenvalue weighted by atomic mass is 79.9. The van der Waals surface area contributed by atoms with Gasteiger partial charge in [0.1, 0.15) is 4.88 Å². The first kappa shape index (κ1) is 11.8. The van der Waals surface area contributed by atoms with E-state index in [0.29, 0.717) is 11.4 Å². The van der Waals surface area contributed by atoms with Crippen molar-refractivity contribution in [2.24, 2.45) is 0 Å². The molecular formula is C10H9BrN2OS2. The van der Waals surface area contributed by atoms with Crippen LogP contribution in [0.3, 0.4) is 0 Å². The lowest BCUT2D eigenvalue weighted by Crippen LogP contribution is -2.22. The summed E-state index contributed by atoms with van der Waals surface area (Å²) in [5, 5.41) is 4.87. The zero-order chi connectivity index (χ0) is 11.5. The molecule has 16 heavy (non-hydrogen) atoms. The molecule has 2 aromatic rings. The lowest BCUT2D eigenvalue weighted by Gasteiger charge is -2.02. The minimum absolute atomic E-state index is 0.0573. The van der Waals surface area contributed by atoms with Crippen LogP contribution >= 0.6 is 38.6 Å². The molecule has 0 unspecified atom stereocenters. The number of halogens is 1. The van der Waals surface area contributed by atoms with Crippen molar-refractivity contribution < 1.29 is 4.79 Å². The average Bonchev–Trinajstić information content (AvgIpc) is 2.84. The molecule has 0 bridgehead atoms. The van der Waals surface area contributed by atoms with Gasteiger partial charge in [-0.05, 0) is 39.9 Å². The number of rotatable bonds is 3. The maximum absolute atomic E-state index is 11.8. The van der Waals surface area contributed by atoms with E-state index < -0.39 is 0 Å². The Labute approximate surface area is 110 Å². The minimum Gasteiger partial charge on any atom is -0.347 e. The van der Waals surface area contributed by atoms with Crippen LogP contribution < -0.4 is 5.32 Å². The first-order valence-corrected chi connectivity index (χ1v) is 7.14. The van der Waals surface area contributed by atoms with E-state index in [4.69, 9.17) is 0 Å². The Kier molecular flexibility index (Phi) is 3.73. The zero-order valence-electron chi connectivity index (χ0n) is 8.49. The molecule has 6 heteroatoms. The van der Waals surface area contributed by atoms with Crippen LogP contribution in [0.15, 0.2) is 20.7 Å². The van der Waals surface area contributed by atoms with Gasteiger partial charge in [0.2, 0.25) is 0 Å². The van der Waals surface area contributed by atoms with Crippen molar-refractivity contribution in [1.82, 2.24) is 10.3 Å². The SMILES string of the molecule is Cc1ncsc1C(=O)NCc1ccsc1Br. The van der Waals surface area contributed by atoms with Gasteiger partial charge in [0.15, 0.2) is 0 Å². The van der Waals surface area contributed by atoms with E-state index in [1.807, 2.05) is 18.4 Å². The monoisotopic (exact) mass is 316 g/mol. The summed E-state index contributed by atoms with van der Waals surface area (Å²) in [5.74, 6) is -0.0573. The second-order valence-electron chi connectivity index (χ2n) is 3.17. The molecule has 0 aliphatic heterocycles. The average molecular weight is 317 g/mol. The third-order valence-electron chi connectivity index (χ3n) is 2.08. The maximum Gasteiger partial charge on any atom is 0.263 e. The van der Waals surface area contributed by atoms with E-state index >= 15 is 0 Å². The van der Waals surface area contributed by atoms with Gasteiger partial charge < -0.3 is 5.32 Å². The molecular weight excluding hydrogens is 308 g/mol. The van der Waals surface area contributed by atoms with E-state index in [1.165, 1.54) is 11.3 Å². The van der Waals surface area contributed by atoms with Gasteiger partial charge in [0.25, 0.3) is 5.91 Å². The van der Waals surface area contributed by atoms with Crippen LogP contribution in [0.25, 0.3) is 0 Å². The van der Waals surface area contributed by atoms with Gasteiger partial charge in [0, 0.05) is 6.54 Å². The summed E-state index contributed by atoms with van der Waals surface area (Å²) in [7, 11) is 0. The van der Waals surface area contributed by atoms with Crippen molar-refractivity contribution in [3.8, 4) is 0 Å². The smallest absolute Gasteiger partial charge is 0.263 e. The number of thiophene rings is 1. The Morgan fingerprint density at radius 3 is 2.94 bits per heavy atom. The number of nitrogens with one attached hydrogen (secondary N) is 1. The molecule has 1 N–H and O–H groups in total. The van der Waals surface area contributed by atoms with Gasteiger partial charge in [-0.25, -0.2) is 4.98 Å². The van der Waals surface area contributed by atoms with Crippen molar-refractivity contribution in [1.29, 1.82) is 0 Å². The Hall–Kier alpha value is -0.720. The van der Waals surface area contributed by atoms with Crippen LogP contribution in [0.4, 0.5) is 0 Å². The van der Waals surface area contributed by atoms with Crippen LogP contribution in [0.2, 0.25) is 0 Å². The summed E-state index contributed by atoms with van der Waals surface area (Å²) < 4.78 is 1.06. The first-order chi connectivity index (χ1) is 7.68. The highest BCUT2D eigenvalue weighted by Crippen LogP contribution is 2.23. The van der Waals surface area contributed by atoms with Crippen LogP contribution in [-0.2, 0) is 6.54 Å². The first-order valence-electron chi connectivity index (χ1n) is 4.58. The number of aryl methyl sites for hydroxylation is 1. The zero-order valence-corrected chi connectivity index (χ0v) is 11.7. The maximum atomic E-state index is 11.8. The quantitative estimate of drug-likeness (QED) is 0.944. The fraction of sp³-hybridized carbons (Fsp3) is 0.200. The van der Waals surface area contributed by atoms with Crippen molar-refractivity contribution in [3.63, 3.8) is 0 Å². The number of nitrogens with zero attached hydrogens (tertiary/aromatic N) is 1. The van der Waals surface area contributed by atoms with Crippen LogP contribution in [0.1, 0.15) is 20.9 Å². The number of carbonyl (C=O) groups is 1. The third kappa shape index (κ3) is 2.50. The molecule has 0 spiro atoms. The predicted octanol–water partition coefficient (Wildman–Crippen LogP) is 3.21. The van der Waals surface area contributed by atoms with E-state index in [0.717, 1.165) is 15.0 Å². The number of amides is 1. The molecule has 2 aromatic heterocycles. The Morgan fingerprint density at radius 1 is 1.56 bits per heavy atom. The summed E-state index contributed by atoms with van der Waals surface area (Å²) in [5.41, 5.74) is 3.57. The Balaban J connectivity index is 1.99. The van der Waals surface area contributed by atoms with Crippen LogP contribution in [0.5, 0.6) is 0 Å². The molecule has 2 rings (SSSR count). The Bertz CT molecular complexity index is 506. The lowest BCUT2D eigenvalue weighted by atomic mass is 10.3. The number of hydrogen-bond acceptors (Lipinski definition) is 4. The Morgan fingerprint density at radius 2 is 2.38 bits per heavy atom. The summed E-state index contributed by atoms with van der Waals surface area (Å²) >= 11 is 6.42. The van der Waals surface area contributed by atoms with E-state index in [1.54, 1.807) is 16.8 Å². The highest BCUT2D eigenvalue weighted by Gasteiger charge is 2.11. The molecule has 0 saturated heterocycles. The van der Waals surface area contributed by atoms with E-state index in [-0.39, 0.29) is 5.91 Å². The number of carbonyl (C=O) groups excluding carboxylic acids is 1. The summed E-state index contributed by atoms with van der Waals surface area (Å²) in [6, 6.07) is 1.99. The lowest BCUT2D eigenvalue weighted by molar-refractivity contribution is 0.0954. The second-order valence-corrected chi connectivity index (χ2v) is 6.26. The normalized spacial score (nSPS) is 10.4. The minimum atomic E-state index is -0.0573. The molecule has 1 amide bonds. The van der Waals surface area contributed by atoms with Crippen molar-refractivity contribution in [2.75, 3.05) is 0 Å². The van der Waals surface area contributed by atoms with Crippen molar-refractivity contribution in [3.05, 3.63) is 36.9 Å². The fourth-order valence-corrected chi connectivity index (χ4v) is 3.18. The predicted molar refractivity (Wildman–Crippen MR) is 70.0 cm³/mol. The van der Waals surface area contributed by atoms with Gasteiger partial charge in [0.05, 0.1) is 15.0 Å².